The van der Waals surface area contributed by atoms with Gasteiger partial charge in [-0.05, 0) is 59.7 Å². The Morgan fingerprint density at radius 2 is 0.929 bits per heavy atom. The molecule has 4 aromatic carbocycles. The van der Waals surface area contributed by atoms with Gasteiger partial charge in [0, 0.05) is 23.1 Å². The number of nitrogens with two attached hydrogens (primary N) is 3. The third-order valence-electron chi connectivity index (χ3n) is 3.99. The van der Waals surface area contributed by atoms with Gasteiger partial charge in [-0.2, -0.15) is 0 Å². The fourth-order valence-corrected chi connectivity index (χ4v) is 2.55. The molecule has 0 saturated heterocycles. The predicted octanol–water partition coefficient (Wildman–Crippen LogP) is 5.58. The van der Waals surface area contributed by atoms with E-state index < -0.39 is 0 Å². The number of ether oxygens (including phenoxy) is 1. The summed E-state index contributed by atoms with van der Waals surface area (Å²) in [6, 6.07) is 32.6. The molecular formula is C24H23N3O. The maximum absolute atomic E-state index is 5.63. The van der Waals surface area contributed by atoms with Gasteiger partial charge in [-0.25, -0.2) is 0 Å². The van der Waals surface area contributed by atoms with Crippen molar-refractivity contribution in [1.29, 1.82) is 0 Å². The highest BCUT2D eigenvalue weighted by atomic mass is 16.5. The van der Waals surface area contributed by atoms with Gasteiger partial charge < -0.3 is 21.9 Å². The van der Waals surface area contributed by atoms with Crippen LogP contribution in [0.25, 0.3) is 11.1 Å². The Kier molecular flexibility index (Phi) is 6.16. The fraction of sp³-hybridized carbons (Fsp3) is 0. The van der Waals surface area contributed by atoms with Crippen molar-refractivity contribution in [1.82, 2.24) is 0 Å². The molecule has 0 bridgehead atoms. The summed E-state index contributed by atoms with van der Waals surface area (Å²) in [6.07, 6.45) is 0. The molecule has 4 nitrogen and oxygen atoms in total. The second-order valence-electron chi connectivity index (χ2n) is 6.23. The second kappa shape index (κ2) is 9.14. The lowest BCUT2D eigenvalue weighted by molar-refractivity contribution is 0.483. The number of nitrogen functional groups attached to an aromatic ring is 3. The van der Waals surface area contributed by atoms with Gasteiger partial charge in [0.25, 0.3) is 0 Å². The van der Waals surface area contributed by atoms with Crippen LogP contribution in [-0.4, -0.2) is 0 Å². The summed E-state index contributed by atoms with van der Waals surface area (Å²) in [4.78, 5) is 0. The normalized spacial score (nSPS) is 9.86. The Labute approximate surface area is 165 Å². The van der Waals surface area contributed by atoms with E-state index in [2.05, 4.69) is 0 Å². The molecule has 0 radical (unpaired) electrons. The molecule has 0 saturated carbocycles. The van der Waals surface area contributed by atoms with Crippen LogP contribution in [0, 0.1) is 0 Å². The monoisotopic (exact) mass is 369 g/mol. The molecule has 4 rings (SSSR count). The van der Waals surface area contributed by atoms with Gasteiger partial charge in [0.05, 0.1) is 0 Å². The van der Waals surface area contributed by atoms with Crippen LogP contribution < -0.4 is 21.9 Å². The van der Waals surface area contributed by atoms with Crippen molar-refractivity contribution in [2.24, 2.45) is 0 Å². The first-order valence-electron chi connectivity index (χ1n) is 8.90. The van der Waals surface area contributed by atoms with Crippen molar-refractivity contribution in [3.63, 3.8) is 0 Å². The molecular weight excluding hydrogens is 346 g/mol. The van der Waals surface area contributed by atoms with Crippen molar-refractivity contribution >= 4 is 17.1 Å². The fourth-order valence-electron chi connectivity index (χ4n) is 2.55. The summed E-state index contributed by atoms with van der Waals surface area (Å²) in [5, 5.41) is 0. The van der Waals surface area contributed by atoms with E-state index in [1.807, 2.05) is 97.1 Å². The average Bonchev–Trinajstić information content (AvgIpc) is 2.71. The SMILES string of the molecule is Nc1ccc(-c2ccc(N)cc2)cc1.Nc1cccc(Oc2ccccc2)c1. The average molecular weight is 369 g/mol. The first-order valence-corrected chi connectivity index (χ1v) is 8.90. The Morgan fingerprint density at radius 1 is 0.429 bits per heavy atom. The molecule has 140 valence electrons. The van der Waals surface area contributed by atoms with Gasteiger partial charge in [-0.1, -0.05) is 48.5 Å². The maximum atomic E-state index is 5.63. The largest absolute Gasteiger partial charge is 0.457 e. The highest BCUT2D eigenvalue weighted by Crippen LogP contribution is 2.22. The zero-order valence-corrected chi connectivity index (χ0v) is 15.5. The van der Waals surface area contributed by atoms with Crippen LogP contribution in [0.3, 0.4) is 0 Å². The summed E-state index contributed by atoms with van der Waals surface area (Å²) >= 11 is 0. The molecule has 4 aromatic rings. The Morgan fingerprint density at radius 3 is 1.43 bits per heavy atom. The quantitative estimate of drug-likeness (QED) is 0.411. The molecule has 28 heavy (non-hydrogen) atoms. The van der Waals surface area contributed by atoms with Gasteiger partial charge >= 0.3 is 0 Å². The smallest absolute Gasteiger partial charge is 0.129 e. The van der Waals surface area contributed by atoms with Gasteiger partial charge in [-0.15, -0.1) is 0 Å². The third kappa shape index (κ3) is 5.54. The van der Waals surface area contributed by atoms with Crippen molar-refractivity contribution in [3.8, 4) is 22.6 Å². The van der Waals surface area contributed by atoms with E-state index in [9.17, 15) is 0 Å². The number of para-hydroxylation sites is 1. The predicted molar refractivity (Wildman–Crippen MR) is 118 cm³/mol. The molecule has 0 heterocycles. The van der Waals surface area contributed by atoms with Crippen molar-refractivity contribution in [2.45, 2.75) is 0 Å². The first kappa shape index (κ1) is 18.9. The molecule has 0 amide bonds. The Bertz CT molecular complexity index is 954. The molecule has 0 aromatic heterocycles. The highest BCUT2D eigenvalue weighted by Gasteiger charge is 1.96. The van der Waals surface area contributed by atoms with E-state index in [0.29, 0.717) is 5.69 Å². The van der Waals surface area contributed by atoms with Gasteiger partial charge in [0.1, 0.15) is 11.5 Å². The molecule has 0 aliphatic rings. The zero-order chi connectivity index (χ0) is 19.8. The van der Waals surface area contributed by atoms with E-state index in [-0.39, 0.29) is 0 Å². The van der Waals surface area contributed by atoms with Crippen LogP contribution in [0.5, 0.6) is 11.5 Å². The van der Waals surface area contributed by atoms with Crippen LogP contribution in [0.2, 0.25) is 0 Å². The van der Waals surface area contributed by atoms with E-state index in [1.54, 1.807) is 6.07 Å². The van der Waals surface area contributed by atoms with Crippen LogP contribution >= 0.6 is 0 Å². The minimum atomic E-state index is 0.707. The van der Waals surface area contributed by atoms with Gasteiger partial charge in [0.15, 0.2) is 0 Å². The number of rotatable bonds is 3. The van der Waals surface area contributed by atoms with E-state index >= 15 is 0 Å². The zero-order valence-electron chi connectivity index (χ0n) is 15.5. The molecule has 0 aliphatic carbocycles. The molecule has 0 unspecified atom stereocenters. The topological polar surface area (TPSA) is 87.3 Å². The standard InChI is InChI=1S/C12H12N2.C12H11NO/c13-11-5-1-9(2-6-11)10-3-7-12(14)8-4-10;13-10-5-4-8-12(9-10)14-11-6-2-1-3-7-11/h1-8H,13-14H2;1-9H,13H2. The Balaban J connectivity index is 0.000000161. The summed E-state index contributed by atoms with van der Waals surface area (Å²) in [6.45, 7) is 0. The van der Waals surface area contributed by atoms with Gasteiger partial charge in [0.2, 0.25) is 0 Å². The molecule has 6 N–H and O–H groups in total. The van der Waals surface area contributed by atoms with E-state index in [1.165, 1.54) is 0 Å². The minimum absolute atomic E-state index is 0.707. The maximum Gasteiger partial charge on any atom is 0.129 e. The molecule has 0 fully saturated rings. The lowest BCUT2D eigenvalue weighted by Gasteiger charge is -2.05. The molecule has 0 spiro atoms. The summed E-state index contributed by atoms with van der Waals surface area (Å²) in [5.41, 5.74) is 21.4. The van der Waals surface area contributed by atoms with Gasteiger partial charge in [-0.3, -0.25) is 0 Å². The van der Waals surface area contributed by atoms with Crippen LogP contribution in [0.15, 0.2) is 103 Å². The summed E-state index contributed by atoms with van der Waals surface area (Å²) in [5.74, 6) is 1.58. The van der Waals surface area contributed by atoms with E-state index in [4.69, 9.17) is 21.9 Å². The molecule has 4 heteroatoms. The van der Waals surface area contributed by atoms with Crippen LogP contribution in [0.1, 0.15) is 0 Å². The number of hydrogen-bond donors (Lipinski definition) is 3. The summed E-state index contributed by atoms with van der Waals surface area (Å²) < 4.78 is 5.58. The lowest BCUT2D eigenvalue weighted by atomic mass is 10.1. The van der Waals surface area contributed by atoms with Crippen LogP contribution in [-0.2, 0) is 0 Å². The van der Waals surface area contributed by atoms with Crippen molar-refractivity contribution in [2.75, 3.05) is 17.2 Å². The van der Waals surface area contributed by atoms with Crippen molar-refractivity contribution in [3.05, 3.63) is 103 Å². The third-order valence-corrected chi connectivity index (χ3v) is 3.99. The highest BCUT2D eigenvalue weighted by molar-refractivity contribution is 5.67. The Hall–Kier alpha value is -3.92. The minimum Gasteiger partial charge on any atom is -0.457 e. The molecule has 0 aliphatic heterocycles. The number of benzene rings is 4. The van der Waals surface area contributed by atoms with E-state index in [0.717, 1.165) is 34.0 Å². The first-order chi connectivity index (χ1) is 13.6. The van der Waals surface area contributed by atoms with Crippen LogP contribution in [0.4, 0.5) is 17.1 Å². The number of hydrogen-bond acceptors (Lipinski definition) is 4. The lowest BCUT2D eigenvalue weighted by Crippen LogP contribution is -1.86. The number of anilines is 3. The molecule has 0 atom stereocenters. The summed E-state index contributed by atoms with van der Waals surface area (Å²) in [7, 11) is 0. The van der Waals surface area contributed by atoms with Crippen molar-refractivity contribution < 1.29 is 4.74 Å². The second-order valence-corrected chi connectivity index (χ2v) is 6.23.